The number of nitrogens with zero attached hydrogens (tertiary/aromatic N) is 7. The van der Waals surface area contributed by atoms with Crippen LogP contribution in [0.1, 0.15) is 11.3 Å². The molecule has 6 rings (SSSR count). The number of hydrogen-bond donors (Lipinski definition) is 2. The van der Waals surface area contributed by atoms with Gasteiger partial charge in [0.05, 0.1) is 23.2 Å². The zero-order valence-corrected chi connectivity index (χ0v) is 19.4. The minimum atomic E-state index is -0.347. The van der Waals surface area contributed by atoms with Crippen LogP contribution in [-0.2, 0) is 6.54 Å². The molecule has 1 aromatic carbocycles. The molecule has 174 valence electrons. The normalized spacial score (nSPS) is 11.8. The maximum atomic E-state index is 15.1. The molecule has 0 atom stereocenters. The lowest BCUT2D eigenvalue weighted by Crippen LogP contribution is -2.10. The highest BCUT2D eigenvalue weighted by molar-refractivity contribution is 5.96. The first kappa shape index (κ1) is 21.1. The maximum absolute atomic E-state index is 15.1. The third-order valence-electron chi connectivity index (χ3n) is 5.84. The molecule has 0 unspecified atom stereocenters. The number of aromatic amines is 2. The van der Waals surface area contributed by atoms with E-state index in [9.17, 15) is 0 Å². The van der Waals surface area contributed by atoms with Crippen LogP contribution in [0, 0.1) is 12.7 Å². The van der Waals surface area contributed by atoms with Gasteiger partial charge < -0.3 is 14.5 Å². The summed E-state index contributed by atoms with van der Waals surface area (Å²) in [5.41, 5.74) is 6.45. The summed E-state index contributed by atoms with van der Waals surface area (Å²) in [6.07, 6.45) is 8.87. The number of fused-ring (bicyclic) bond motifs is 2. The molecule has 9 nitrogen and oxygen atoms in total. The van der Waals surface area contributed by atoms with Crippen molar-refractivity contribution in [3.05, 3.63) is 72.5 Å². The molecule has 0 bridgehead atoms. The van der Waals surface area contributed by atoms with Crippen molar-refractivity contribution in [2.45, 2.75) is 13.5 Å². The van der Waals surface area contributed by atoms with Crippen LogP contribution in [0.2, 0.25) is 0 Å². The largest absolute Gasteiger partial charge is 0.333 e. The Labute approximate surface area is 199 Å². The third kappa shape index (κ3) is 3.73. The quantitative estimate of drug-likeness (QED) is 0.393. The molecule has 0 aliphatic carbocycles. The summed E-state index contributed by atoms with van der Waals surface area (Å²) in [6, 6.07) is 7.11. The Morgan fingerprint density at radius 1 is 1.11 bits per heavy atom. The Morgan fingerprint density at radius 2 is 2.00 bits per heavy atom. The average Bonchev–Trinajstić information content (AvgIpc) is 3.55. The van der Waals surface area contributed by atoms with Gasteiger partial charge in [-0.15, -0.1) is 0 Å². The summed E-state index contributed by atoms with van der Waals surface area (Å²) in [5.74, 6) is 0.195. The molecule has 5 aromatic heterocycles. The SMILES string of the molecule is Cc1cn(-c2ccnc3nc(-c4n[nH]c5cc(F)c(-c6cncc(CN(C)C)c6)cc45)[nH]c23)cn1. The highest BCUT2D eigenvalue weighted by Gasteiger charge is 2.18. The predicted molar refractivity (Wildman–Crippen MR) is 131 cm³/mol. The van der Waals surface area contributed by atoms with Crippen LogP contribution in [0.3, 0.4) is 0 Å². The molecule has 0 fully saturated rings. The Bertz CT molecular complexity index is 1690. The first-order chi connectivity index (χ1) is 17.0. The summed E-state index contributed by atoms with van der Waals surface area (Å²) in [4.78, 5) is 23.1. The minimum Gasteiger partial charge on any atom is -0.333 e. The second-order valence-electron chi connectivity index (χ2n) is 8.81. The van der Waals surface area contributed by atoms with Gasteiger partial charge in [-0.05, 0) is 44.8 Å². The second kappa shape index (κ2) is 8.10. The van der Waals surface area contributed by atoms with Crippen LogP contribution in [0.5, 0.6) is 0 Å². The Hall–Kier alpha value is -4.44. The smallest absolute Gasteiger partial charge is 0.180 e. The van der Waals surface area contributed by atoms with Crippen molar-refractivity contribution in [1.82, 2.24) is 44.6 Å². The Balaban J connectivity index is 1.48. The van der Waals surface area contributed by atoms with Crippen LogP contribution >= 0.6 is 0 Å². The third-order valence-corrected chi connectivity index (χ3v) is 5.84. The van der Waals surface area contributed by atoms with Crippen molar-refractivity contribution in [1.29, 1.82) is 0 Å². The number of benzene rings is 1. The molecular weight excluding hydrogens is 445 g/mol. The molecule has 0 radical (unpaired) electrons. The molecule has 2 N–H and O–H groups in total. The van der Waals surface area contributed by atoms with Crippen molar-refractivity contribution in [2.24, 2.45) is 0 Å². The molecule has 0 aliphatic heterocycles. The van der Waals surface area contributed by atoms with Crippen molar-refractivity contribution < 1.29 is 4.39 Å². The average molecular weight is 468 g/mol. The number of H-pyrrole nitrogens is 2. The second-order valence-corrected chi connectivity index (χ2v) is 8.81. The summed E-state index contributed by atoms with van der Waals surface area (Å²) in [6.45, 7) is 2.65. The summed E-state index contributed by atoms with van der Waals surface area (Å²) in [5, 5.41) is 8.12. The first-order valence-corrected chi connectivity index (χ1v) is 11.1. The molecule has 10 heteroatoms. The van der Waals surface area contributed by atoms with E-state index >= 15 is 4.39 Å². The van der Waals surface area contributed by atoms with Gasteiger partial charge in [-0.1, -0.05) is 0 Å². The van der Waals surface area contributed by atoms with Gasteiger partial charge in [0.15, 0.2) is 11.5 Å². The Kier molecular flexibility index (Phi) is 4.89. The van der Waals surface area contributed by atoms with Gasteiger partial charge in [0.1, 0.15) is 17.0 Å². The van der Waals surface area contributed by atoms with Crippen LogP contribution in [0.15, 0.2) is 55.4 Å². The van der Waals surface area contributed by atoms with Gasteiger partial charge in [0, 0.05) is 53.9 Å². The molecule has 0 aliphatic rings. The van der Waals surface area contributed by atoms with E-state index in [-0.39, 0.29) is 5.82 Å². The van der Waals surface area contributed by atoms with Crippen LogP contribution in [0.25, 0.3) is 50.4 Å². The minimum absolute atomic E-state index is 0.347. The lowest BCUT2D eigenvalue weighted by atomic mass is 10.0. The van der Waals surface area contributed by atoms with Crippen LogP contribution in [-0.4, -0.2) is 58.7 Å². The predicted octanol–water partition coefficient (Wildman–Crippen LogP) is 4.26. The number of nitrogens with one attached hydrogen (secondary N) is 2. The van der Waals surface area contributed by atoms with Crippen molar-refractivity contribution in [3.8, 4) is 28.3 Å². The standard InChI is InChI=1S/C25H22FN9/c1-14-11-35(13-29-14)21-4-5-28-24-23(21)30-25(31-24)22-18-7-17(19(26)8-20(18)32-33-22)16-6-15(9-27-10-16)12-34(2)3/h4-11,13H,12H2,1-3H3,(H,32,33)(H,28,30,31). The fraction of sp³-hybridized carbons (Fsp3) is 0.160. The van der Waals surface area contributed by atoms with Gasteiger partial charge in [-0.25, -0.2) is 19.3 Å². The summed E-state index contributed by atoms with van der Waals surface area (Å²) in [7, 11) is 3.97. The zero-order valence-electron chi connectivity index (χ0n) is 19.4. The summed E-state index contributed by atoms with van der Waals surface area (Å²) >= 11 is 0. The van der Waals surface area contributed by atoms with Crippen molar-refractivity contribution >= 4 is 22.1 Å². The van der Waals surface area contributed by atoms with E-state index in [0.717, 1.165) is 27.8 Å². The fourth-order valence-electron chi connectivity index (χ4n) is 4.30. The lowest BCUT2D eigenvalue weighted by Gasteiger charge is -2.11. The molecule has 0 saturated heterocycles. The molecule has 35 heavy (non-hydrogen) atoms. The van der Waals surface area contributed by atoms with Gasteiger partial charge in [0.2, 0.25) is 0 Å². The molecule has 5 heterocycles. The van der Waals surface area contributed by atoms with E-state index in [4.69, 9.17) is 0 Å². The first-order valence-electron chi connectivity index (χ1n) is 11.1. The number of aryl methyl sites for hydroxylation is 1. The topological polar surface area (TPSA) is 104 Å². The number of imidazole rings is 2. The molecule has 6 aromatic rings. The summed E-state index contributed by atoms with van der Waals surface area (Å²) < 4.78 is 17.0. The van der Waals surface area contributed by atoms with Gasteiger partial charge >= 0.3 is 0 Å². The fourth-order valence-corrected chi connectivity index (χ4v) is 4.30. The van der Waals surface area contributed by atoms with E-state index in [1.807, 2.05) is 48.8 Å². The molecular formula is C25H22FN9. The maximum Gasteiger partial charge on any atom is 0.180 e. The van der Waals surface area contributed by atoms with E-state index in [0.29, 0.717) is 40.4 Å². The number of halogens is 1. The monoisotopic (exact) mass is 467 g/mol. The highest BCUT2D eigenvalue weighted by Crippen LogP contribution is 2.33. The van der Waals surface area contributed by atoms with E-state index in [1.165, 1.54) is 6.07 Å². The molecule has 0 amide bonds. The number of hydrogen-bond acceptors (Lipinski definition) is 6. The number of rotatable bonds is 5. The molecule has 0 spiro atoms. The van der Waals surface area contributed by atoms with Crippen molar-refractivity contribution in [2.75, 3.05) is 14.1 Å². The van der Waals surface area contributed by atoms with Gasteiger partial charge in [-0.2, -0.15) is 5.10 Å². The Morgan fingerprint density at radius 3 is 2.80 bits per heavy atom. The van der Waals surface area contributed by atoms with E-state index in [2.05, 4.69) is 35.1 Å². The van der Waals surface area contributed by atoms with Gasteiger partial charge in [0.25, 0.3) is 0 Å². The van der Waals surface area contributed by atoms with Crippen LogP contribution < -0.4 is 0 Å². The van der Waals surface area contributed by atoms with E-state index in [1.54, 1.807) is 31.0 Å². The zero-order chi connectivity index (χ0) is 24.1. The lowest BCUT2D eigenvalue weighted by molar-refractivity contribution is 0.402. The van der Waals surface area contributed by atoms with Gasteiger partial charge in [-0.3, -0.25) is 10.1 Å². The van der Waals surface area contributed by atoms with Crippen LogP contribution in [0.4, 0.5) is 4.39 Å². The van der Waals surface area contributed by atoms with E-state index < -0.39 is 0 Å². The number of pyridine rings is 2. The highest BCUT2D eigenvalue weighted by atomic mass is 19.1. The molecule has 0 saturated carbocycles. The van der Waals surface area contributed by atoms with Crippen molar-refractivity contribution in [3.63, 3.8) is 0 Å². The number of aromatic nitrogens is 8.